The molecule has 0 amide bonds. The van der Waals surface area contributed by atoms with Gasteiger partial charge in [0, 0.05) is 10.6 Å². The molecule has 1 aromatic rings. The molecule has 2 N–H and O–H groups in total. The fourth-order valence-electron chi connectivity index (χ4n) is 0.812. The van der Waals surface area contributed by atoms with Gasteiger partial charge >= 0.3 is 0 Å². The highest BCUT2D eigenvalue weighted by atomic mass is 32.2. The summed E-state index contributed by atoms with van der Waals surface area (Å²) in [7, 11) is 0. The summed E-state index contributed by atoms with van der Waals surface area (Å²) in [4.78, 5) is 1.24. The zero-order valence-electron chi connectivity index (χ0n) is 7.62. The zero-order chi connectivity index (χ0) is 10.6. The quantitative estimate of drug-likeness (QED) is 0.600. The third kappa shape index (κ3) is 2.79. The summed E-state index contributed by atoms with van der Waals surface area (Å²) >= 11 is 1.23. The van der Waals surface area contributed by atoms with Crippen molar-refractivity contribution in [3.05, 3.63) is 40.7 Å². The van der Waals surface area contributed by atoms with Crippen LogP contribution in [-0.4, -0.2) is 0 Å². The van der Waals surface area contributed by atoms with E-state index in [1.54, 1.807) is 19.1 Å². The number of allylic oxidation sites excluding steroid dienone is 2. The van der Waals surface area contributed by atoms with Crippen LogP contribution in [0.4, 0.5) is 4.39 Å². The van der Waals surface area contributed by atoms with Gasteiger partial charge in [-0.25, -0.2) is 4.39 Å². The van der Waals surface area contributed by atoms with E-state index >= 15 is 0 Å². The predicted molar refractivity (Wildman–Crippen MR) is 54.8 cm³/mol. The maximum Gasteiger partial charge on any atom is 0.123 e. The van der Waals surface area contributed by atoms with E-state index < -0.39 is 0 Å². The summed E-state index contributed by atoms with van der Waals surface area (Å²) in [5.74, 6) is -0.290. The van der Waals surface area contributed by atoms with Gasteiger partial charge in [0.1, 0.15) is 16.8 Å². The molecule has 0 unspecified atom stereocenters. The van der Waals surface area contributed by atoms with Crippen LogP contribution < -0.4 is 5.73 Å². The molecular formula is C10H9FN2S. The molecule has 0 saturated carbocycles. The van der Waals surface area contributed by atoms with Crippen molar-refractivity contribution in [3.8, 4) is 6.07 Å². The Balaban J connectivity index is 2.85. The Morgan fingerprint density at radius 2 is 2.00 bits per heavy atom. The Morgan fingerprint density at radius 3 is 2.43 bits per heavy atom. The van der Waals surface area contributed by atoms with Crippen LogP contribution in [0.5, 0.6) is 0 Å². The van der Waals surface area contributed by atoms with Crippen LogP contribution in [0.15, 0.2) is 39.8 Å². The maximum absolute atomic E-state index is 12.6. The minimum absolute atomic E-state index is 0.290. The SMILES string of the molecule is C/C(N)=C(\C#N)Sc1ccc(F)cc1. The second-order valence-electron chi connectivity index (χ2n) is 2.68. The van der Waals surface area contributed by atoms with Crippen molar-refractivity contribution in [3.63, 3.8) is 0 Å². The topological polar surface area (TPSA) is 49.8 Å². The van der Waals surface area contributed by atoms with E-state index in [1.807, 2.05) is 6.07 Å². The molecule has 0 heterocycles. The molecular weight excluding hydrogens is 199 g/mol. The maximum atomic E-state index is 12.6. The lowest BCUT2D eigenvalue weighted by Crippen LogP contribution is -1.93. The molecule has 72 valence electrons. The van der Waals surface area contributed by atoms with Crippen molar-refractivity contribution in [2.24, 2.45) is 5.73 Å². The largest absolute Gasteiger partial charge is 0.401 e. The number of halogens is 1. The van der Waals surface area contributed by atoms with E-state index in [-0.39, 0.29) is 5.82 Å². The Kier molecular flexibility index (Phi) is 3.55. The van der Waals surface area contributed by atoms with Gasteiger partial charge in [0.15, 0.2) is 0 Å². The molecule has 0 aromatic heterocycles. The molecule has 0 radical (unpaired) electrons. The Morgan fingerprint density at radius 1 is 1.43 bits per heavy atom. The number of benzene rings is 1. The minimum Gasteiger partial charge on any atom is -0.401 e. The molecule has 0 fully saturated rings. The first kappa shape index (κ1) is 10.6. The highest BCUT2D eigenvalue weighted by Crippen LogP contribution is 2.26. The third-order valence-corrected chi connectivity index (χ3v) is 2.62. The van der Waals surface area contributed by atoms with Crippen molar-refractivity contribution in [2.45, 2.75) is 11.8 Å². The van der Waals surface area contributed by atoms with Gasteiger partial charge in [-0.05, 0) is 31.2 Å². The molecule has 0 aliphatic rings. The van der Waals surface area contributed by atoms with E-state index in [9.17, 15) is 4.39 Å². The van der Waals surface area contributed by atoms with Gasteiger partial charge in [0.2, 0.25) is 0 Å². The summed E-state index contributed by atoms with van der Waals surface area (Å²) < 4.78 is 12.6. The van der Waals surface area contributed by atoms with Gasteiger partial charge < -0.3 is 5.73 Å². The number of nitriles is 1. The van der Waals surface area contributed by atoms with E-state index in [0.29, 0.717) is 10.6 Å². The number of rotatable bonds is 2. The molecule has 0 aliphatic heterocycles. The predicted octanol–water partition coefficient (Wildman–Crippen LogP) is 2.63. The average molecular weight is 208 g/mol. The fourth-order valence-corrected chi connectivity index (χ4v) is 1.53. The molecule has 14 heavy (non-hydrogen) atoms. The number of hydrogen-bond donors (Lipinski definition) is 1. The van der Waals surface area contributed by atoms with Crippen LogP contribution in [0.25, 0.3) is 0 Å². The van der Waals surface area contributed by atoms with E-state index in [1.165, 1.54) is 23.9 Å². The first-order valence-electron chi connectivity index (χ1n) is 3.93. The van der Waals surface area contributed by atoms with Crippen molar-refractivity contribution < 1.29 is 4.39 Å². The lowest BCUT2D eigenvalue weighted by Gasteiger charge is -2.00. The first-order chi connectivity index (χ1) is 6.63. The second kappa shape index (κ2) is 4.68. The van der Waals surface area contributed by atoms with Crippen LogP contribution in [-0.2, 0) is 0 Å². The molecule has 0 spiro atoms. The van der Waals surface area contributed by atoms with Crippen LogP contribution in [0.1, 0.15) is 6.92 Å². The van der Waals surface area contributed by atoms with Gasteiger partial charge in [-0.2, -0.15) is 5.26 Å². The molecule has 0 atom stereocenters. The van der Waals surface area contributed by atoms with Crippen LogP contribution in [0.3, 0.4) is 0 Å². The Hall–Kier alpha value is -1.47. The lowest BCUT2D eigenvalue weighted by molar-refractivity contribution is 0.626. The highest BCUT2D eigenvalue weighted by molar-refractivity contribution is 8.03. The van der Waals surface area contributed by atoms with Gasteiger partial charge in [0.25, 0.3) is 0 Å². The Labute approximate surface area is 86.2 Å². The van der Waals surface area contributed by atoms with Crippen molar-refractivity contribution in [2.75, 3.05) is 0 Å². The van der Waals surface area contributed by atoms with Crippen molar-refractivity contribution in [1.29, 1.82) is 5.26 Å². The fraction of sp³-hybridized carbons (Fsp3) is 0.100. The average Bonchev–Trinajstić information content (AvgIpc) is 2.16. The zero-order valence-corrected chi connectivity index (χ0v) is 8.44. The van der Waals surface area contributed by atoms with Crippen LogP contribution in [0, 0.1) is 17.1 Å². The normalized spacial score (nSPS) is 11.8. The lowest BCUT2D eigenvalue weighted by atomic mass is 10.4. The smallest absolute Gasteiger partial charge is 0.123 e. The molecule has 1 rings (SSSR count). The van der Waals surface area contributed by atoms with Crippen molar-refractivity contribution in [1.82, 2.24) is 0 Å². The monoisotopic (exact) mass is 208 g/mol. The summed E-state index contributed by atoms with van der Waals surface area (Å²) in [5, 5.41) is 8.73. The summed E-state index contributed by atoms with van der Waals surface area (Å²) in [6.45, 7) is 1.66. The van der Waals surface area contributed by atoms with Gasteiger partial charge in [0.05, 0.1) is 0 Å². The summed E-state index contributed by atoms with van der Waals surface area (Å²) in [6.07, 6.45) is 0. The van der Waals surface area contributed by atoms with Crippen molar-refractivity contribution >= 4 is 11.8 Å². The molecule has 0 aliphatic carbocycles. The van der Waals surface area contributed by atoms with Crippen LogP contribution >= 0.6 is 11.8 Å². The highest BCUT2D eigenvalue weighted by Gasteiger charge is 2.02. The second-order valence-corrected chi connectivity index (χ2v) is 3.76. The minimum atomic E-state index is -0.290. The van der Waals surface area contributed by atoms with E-state index in [2.05, 4.69) is 0 Å². The Bertz CT molecular complexity index is 386. The van der Waals surface area contributed by atoms with Crippen LogP contribution in [0.2, 0.25) is 0 Å². The number of thioether (sulfide) groups is 1. The third-order valence-electron chi connectivity index (χ3n) is 1.49. The number of nitrogens with zero attached hydrogens (tertiary/aromatic N) is 1. The van der Waals surface area contributed by atoms with E-state index in [0.717, 1.165) is 4.90 Å². The molecule has 0 saturated heterocycles. The summed E-state index contributed by atoms with van der Waals surface area (Å²) in [6, 6.07) is 7.91. The van der Waals surface area contributed by atoms with Gasteiger partial charge in [-0.3, -0.25) is 0 Å². The molecule has 2 nitrogen and oxygen atoms in total. The summed E-state index contributed by atoms with van der Waals surface area (Å²) in [5.41, 5.74) is 5.96. The first-order valence-corrected chi connectivity index (χ1v) is 4.75. The molecule has 1 aromatic carbocycles. The van der Waals surface area contributed by atoms with Gasteiger partial charge in [-0.15, -0.1) is 0 Å². The number of nitrogens with two attached hydrogens (primary N) is 1. The van der Waals surface area contributed by atoms with E-state index in [4.69, 9.17) is 11.0 Å². The molecule has 0 bridgehead atoms. The molecule has 4 heteroatoms. The number of hydrogen-bond acceptors (Lipinski definition) is 3. The standard InChI is InChI=1S/C10H9FN2S/c1-7(13)10(6-12)14-9-4-2-8(11)3-5-9/h2-5H,13H2,1H3/b10-7-. The van der Waals surface area contributed by atoms with Gasteiger partial charge in [-0.1, -0.05) is 11.8 Å².